The predicted molar refractivity (Wildman–Crippen MR) is 103 cm³/mol. The summed E-state index contributed by atoms with van der Waals surface area (Å²) in [5.74, 6) is -0.0124. The van der Waals surface area contributed by atoms with Gasteiger partial charge < -0.3 is 16.8 Å². The number of nitrogens with two attached hydrogens (primary N) is 2. The van der Waals surface area contributed by atoms with E-state index >= 15 is 0 Å². The number of rotatable bonds is 1. The molecule has 3 rings (SSSR count). The van der Waals surface area contributed by atoms with Crippen LogP contribution in [0.5, 0.6) is 0 Å². The molecule has 0 bridgehead atoms. The molecule has 0 aliphatic carbocycles. The lowest BCUT2D eigenvalue weighted by Crippen LogP contribution is -2.33. The number of aliphatic imine (C=N–C) groups is 1. The van der Waals surface area contributed by atoms with Crippen molar-refractivity contribution in [1.82, 2.24) is 10.3 Å². The SMILES string of the molecule is Cc1cc(F)c(Br)c(C)c1C1N=C(NC#N)Nc2nc(N)c(C#N)c(N)c21. The van der Waals surface area contributed by atoms with Crippen LogP contribution in [0.2, 0.25) is 0 Å². The summed E-state index contributed by atoms with van der Waals surface area (Å²) >= 11 is 3.25. The Morgan fingerprint density at radius 2 is 2.00 bits per heavy atom. The normalized spacial score (nSPS) is 15.0. The van der Waals surface area contributed by atoms with E-state index in [-0.39, 0.29) is 28.8 Å². The van der Waals surface area contributed by atoms with E-state index in [9.17, 15) is 9.65 Å². The second-order valence-electron chi connectivity index (χ2n) is 5.93. The largest absolute Gasteiger partial charge is 0.397 e. The average molecular weight is 429 g/mol. The number of nitrogens with one attached hydrogen (secondary N) is 2. The van der Waals surface area contributed by atoms with E-state index in [1.165, 1.54) is 6.07 Å². The van der Waals surface area contributed by atoms with Crippen molar-refractivity contribution in [3.63, 3.8) is 0 Å². The number of guanidine groups is 1. The predicted octanol–water partition coefficient (Wildman–Crippen LogP) is 2.58. The number of benzene rings is 1. The van der Waals surface area contributed by atoms with E-state index in [2.05, 4.69) is 36.5 Å². The number of halogens is 2. The molecule has 0 fully saturated rings. The molecule has 10 heteroatoms. The highest BCUT2D eigenvalue weighted by atomic mass is 79.9. The van der Waals surface area contributed by atoms with E-state index in [1.54, 1.807) is 20.0 Å². The highest BCUT2D eigenvalue weighted by molar-refractivity contribution is 9.10. The van der Waals surface area contributed by atoms with Crippen molar-refractivity contribution >= 4 is 39.2 Å². The van der Waals surface area contributed by atoms with E-state index in [4.69, 9.17) is 16.7 Å². The average Bonchev–Trinajstić information content (AvgIpc) is 2.60. The second-order valence-corrected chi connectivity index (χ2v) is 6.72. The van der Waals surface area contributed by atoms with Crippen LogP contribution in [0.4, 0.5) is 21.7 Å². The molecule has 0 radical (unpaired) electrons. The molecular formula is C17H14BrFN8. The summed E-state index contributed by atoms with van der Waals surface area (Å²) in [4.78, 5) is 8.70. The standard InChI is InChI=1S/C17H14BrFN8/c1-6-3-9(19)12(18)7(2)10(6)14-11-13(22)8(4-20)15(23)26-16(11)27-17(25-14)24-5-21/h3,14H,1-2H3,(H6,22,23,24,25,26,27). The summed E-state index contributed by atoms with van der Waals surface area (Å²) in [5.41, 5.74) is 14.6. The van der Waals surface area contributed by atoms with Crippen LogP contribution < -0.4 is 22.1 Å². The van der Waals surface area contributed by atoms with Crippen molar-refractivity contribution in [3.8, 4) is 12.3 Å². The summed E-state index contributed by atoms with van der Waals surface area (Å²) < 4.78 is 14.4. The lowest BCUT2D eigenvalue weighted by Gasteiger charge is -2.28. The zero-order valence-electron chi connectivity index (χ0n) is 14.4. The number of nitriles is 2. The van der Waals surface area contributed by atoms with Gasteiger partial charge in [-0.1, -0.05) is 0 Å². The van der Waals surface area contributed by atoms with Crippen molar-refractivity contribution in [2.24, 2.45) is 4.99 Å². The number of fused-ring (bicyclic) bond motifs is 1. The summed E-state index contributed by atoms with van der Waals surface area (Å²) in [6.07, 6.45) is 1.79. The first kappa shape index (κ1) is 18.4. The number of hydrogen-bond acceptors (Lipinski definition) is 8. The van der Waals surface area contributed by atoms with Gasteiger partial charge in [-0.2, -0.15) is 10.5 Å². The number of nitrogen functional groups attached to an aromatic ring is 2. The minimum atomic E-state index is -0.714. The maximum absolute atomic E-state index is 14.1. The van der Waals surface area contributed by atoms with Crippen LogP contribution in [-0.4, -0.2) is 10.9 Å². The lowest BCUT2D eigenvalue weighted by molar-refractivity contribution is 0.615. The Morgan fingerprint density at radius 3 is 2.63 bits per heavy atom. The first-order chi connectivity index (χ1) is 12.8. The van der Waals surface area contributed by atoms with Gasteiger partial charge in [0.25, 0.3) is 0 Å². The molecule has 1 aliphatic rings. The number of aromatic nitrogens is 1. The van der Waals surface area contributed by atoms with Gasteiger partial charge in [0.1, 0.15) is 35.1 Å². The van der Waals surface area contributed by atoms with E-state index < -0.39 is 11.9 Å². The third kappa shape index (κ3) is 2.90. The monoisotopic (exact) mass is 428 g/mol. The molecule has 27 heavy (non-hydrogen) atoms. The lowest BCUT2D eigenvalue weighted by atomic mass is 9.89. The molecule has 6 N–H and O–H groups in total. The molecule has 8 nitrogen and oxygen atoms in total. The Hall–Kier alpha value is -3.37. The second kappa shape index (κ2) is 6.74. The molecule has 0 spiro atoms. The number of nitrogens with zero attached hydrogens (tertiary/aromatic N) is 4. The van der Waals surface area contributed by atoms with E-state index in [1.807, 2.05) is 6.07 Å². The Labute approximate surface area is 162 Å². The van der Waals surface area contributed by atoms with Crippen molar-refractivity contribution in [2.75, 3.05) is 16.8 Å². The van der Waals surface area contributed by atoms with Crippen molar-refractivity contribution in [3.05, 3.63) is 44.2 Å². The molecule has 0 amide bonds. The fourth-order valence-electron chi connectivity index (χ4n) is 3.13. The fraction of sp³-hybridized carbons (Fsp3) is 0.176. The van der Waals surface area contributed by atoms with Gasteiger partial charge in [-0.15, -0.1) is 0 Å². The number of aryl methyl sites for hydroxylation is 1. The van der Waals surface area contributed by atoms with Gasteiger partial charge in [-0.3, -0.25) is 5.32 Å². The van der Waals surface area contributed by atoms with Crippen LogP contribution in [0.15, 0.2) is 15.5 Å². The molecule has 0 saturated heterocycles. The molecule has 1 aliphatic heterocycles. The van der Waals surface area contributed by atoms with E-state index in [0.29, 0.717) is 26.7 Å². The minimum absolute atomic E-state index is 0.0352. The number of anilines is 3. The number of hydrogen-bond donors (Lipinski definition) is 4. The third-order valence-corrected chi connectivity index (χ3v) is 5.32. The van der Waals surface area contributed by atoms with Crippen molar-refractivity contribution in [1.29, 1.82) is 10.5 Å². The first-order valence-corrected chi connectivity index (χ1v) is 8.53. The Morgan fingerprint density at radius 1 is 1.30 bits per heavy atom. The molecule has 2 heterocycles. The Kier molecular flexibility index (Phi) is 4.60. The number of pyridine rings is 1. The summed E-state index contributed by atoms with van der Waals surface area (Å²) in [6.45, 7) is 3.49. The topological polar surface area (TPSA) is 149 Å². The van der Waals surface area contributed by atoms with Crippen LogP contribution in [-0.2, 0) is 0 Å². The van der Waals surface area contributed by atoms with Gasteiger partial charge >= 0.3 is 0 Å². The molecule has 1 aromatic heterocycles. The van der Waals surface area contributed by atoms with Crippen LogP contribution >= 0.6 is 15.9 Å². The summed E-state index contributed by atoms with van der Waals surface area (Å²) in [6, 6.07) is 2.61. The van der Waals surface area contributed by atoms with Gasteiger partial charge in [-0.05, 0) is 52.5 Å². The van der Waals surface area contributed by atoms with Gasteiger partial charge in [-0.25, -0.2) is 14.4 Å². The minimum Gasteiger partial charge on any atom is -0.397 e. The van der Waals surface area contributed by atoms with Crippen LogP contribution in [0.25, 0.3) is 0 Å². The highest BCUT2D eigenvalue weighted by Gasteiger charge is 2.32. The molecular weight excluding hydrogens is 415 g/mol. The summed E-state index contributed by atoms with van der Waals surface area (Å²) in [5, 5.41) is 23.6. The molecule has 2 aromatic rings. The molecule has 1 aromatic carbocycles. The Balaban J connectivity index is 2.36. The van der Waals surface area contributed by atoms with Gasteiger partial charge in [0.05, 0.1) is 10.2 Å². The fourth-order valence-corrected chi connectivity index (χ4v) is 3.46. The van der Waals surface area contributed by atoms with Crippen LogP contribution in [0.3, 0.4) is 0 Å². The van der Waals surface area contributed by atoms with Crippen LogP contribution in [0.1, 0.15) is 33.9 Å². The Bertz CT molecular complexity index is 1080. The molecule has 1 atom stereocenters. The maximum Gasteiger partial charge on any atom is 0.211 e. The van der Waals surface area contributed by atoms with Crippen molar-refractivity contribution < 1.29 is 4.39 Å². The van der Waals surface area contributed by atoms with Crippen LogP contribution in [0, 0.1) is 42.5 Å². The maximum atomic E-state index is 14.1. The van der Waals surface area contributed by atoms with Gasteiger partial charge in [0.2, 0.25) is 5.96 Å². The smallest absolute Gasteiger partial charge is 0.211 e. The van der Waals surface area contributed by atoms with Crippen molar-refractivity contribution in [2.45, 2.75) is 19.9 Å². The van der Waals surface area contributed by atoms with Gasteiger partial charge in [0, 0.05) is 5.56 Å². The highest BCUT2D eigenvalue weighted by Crippen LogP contribution is 2.43. The molecule has 1 unspecified atom stereocenters. The first-order valence-electron chi connectivity index (χ1n) is 7.74. The molecule has 136 valence electrons. The zero-order chi connectivity index (χ0) is 19.9. The molecule has 0 saturated carbocycles. The quantitative estimate of drug-likeness (QED) is 0.402. The van der Waals surface area contributed by atoms with Gasteiger partial charge in [0.15, 0.2) is 6.19 Å². The zero-order valence-corrected chi connectivity index (χ0v) is 15.9. The summed E-state index contributed by atoms with van der Waals surface area (Å²) in [7, 11) is 0. The third-order valence-electron chi connectivity index (χ3n) is 4.34. The van der Waals surface area contributed by atoms with E-state index in [0.717, 1.165) is 0 Å².